The van der Waals surface area contributed by atoms with Crippen LogP contribution in [0.2, 0.25) is 0 Å². The van der Waals surface area contributed by atoms with Gasteiger partial charge in [-0.15, -0.1) is 0 Å². The minimum atomic E-state index is -0.278. The lowest BCUT2D eigenvalue weighted by Crippen LogP contribution is -2.32. The van der Waals surface area contributed by atoms with E-state index in [4.69, 9.17) is 37.9 Å². The number of amides is 4. The molecule has 0 atom stereocenters. The van der Waals surface area contributed by atoms with E-state index in [1.54, 1.807) is 0 Å². The highest BCUT2D eigenvalue weighted by atomic mass is 16.5. The summed E-state index contributed by atoms with van der Waals surface area (Å²) in [6.45, 7) is 6.87. The van der Waals surface area contributed by atoms with E-state index in [9.17, 15) is 19.2 Å². The van der Waals surface area contributed by atoms with Crippen molar-refractivity contribution in [3.8, 4) is 0 Å². The number of rotatable bonds is 31. The third kappa shape index (κ3) is 30.5. The number of nitrogens with one attached hydrogen (secondary N) is 4. The lowest BCUT2D eigenvalue weighted by Gasteiger charge is -2.09. The molecule has 42 heavy (non-hydrogen) atoms. The fraction of sp³-hybridized carbons (Fsp3) is 0.846. The zero-order chi connectivity index (χ0) is 30.9. The van der Waals surface area contributed by atoms with Crippen LogP contribution in [0.4, 0.5) is 0 Å². The van der Waals surface area contributed by atoms with E-state index in [-0.39, 0.29) is 83.1 Å². The van der Waals surface area contributed by atoms with Gasteiger partial charge in [0.2, 0.25) is 23.6 Å². The Kier molecular flexibility index (Phi) is 29.7. The molecule has 0 aliphatic heterocycles. The third-order valence-corrected chi connectivity index (χ3v) is 4.75. The normalized spacial score (nSPS) is 10.8. The van der Waals surface area contributed by atoms with Crippen molar-refractivity contribution < 1.29 is 57.1 Å². The summed E-state index contributed by atoms with van der Waals surface area (Å²) >= 11 is 0. The highest BCUT2D eigenvalue weighted by Crippen LogP contribution is 1.84. The molecule has 0 bridgehead atoms. The molecule has 246 valence electrons. The standard InChI is InChI=1S/C26H50N4O12/c1-3-7-35-11-15-40-20-24(32)28-5-9-37-13-17-42-22-26(34)30-6-10-38-14-18-41-21-25(33)29-4-8-36-12-16-39-19-23(31)27-2/h3-22H2,1-2H3,(H,27,31)(H,28,32)(H,29,33)(H,30,34). The Morgan fingerprint density at radius 3 is 1.00 bits per heavy atom. The van der Waals surface area contributed by atoms with E-state index in [1.807, 2.05) is 6.92 Å². The predicted molar refractivity (Wildman–Crippen MR) is 150 cm³/mol. The van der Waals surface area contributed by atoms with E-state index in [0.717, 1.165) is 6.42 Å². The maximum Gasteiger partial charge on any atom is 0.246 e. The summed E-state index contributed by atoms with van der Waals surface area (Å²) in [6, 6.07) is 0. The second-order valence-electron chi connectivity index (χ2n) is 8.38. The van der Waals surface area contributed by atoms with Crippen LogP contribution >= 0.6 is 0 Å². The van der Waals surface area contributed by atoms with Crippen molar-refractivity contribution in [1.29, 1.82) is 0 Å². The summed E-state index contributed by atoms with van der Waals surface area (Å²) in [5.74, 6) is -0.980. The van der Waals surface area contributed by atoms with Gasteiger partial charge in [-0.1, -0.05) is 6.92 Å². The SMILES string of the molecule is CCCOCCOCC(=O)NCCOCCOCC(=O)NCCOCCOCC(=O)NCCOCCOCC(=O)NC. The van der Waals surface area contributed by atoms with E-state index in [2.05, 4.69) is 21.3 Å². The molecule has 0 aromatic carbocycles. The fourth-order valence-electron chi connectivity index (χ4n) is 2.70. The fourth-order valence-corrected chi connectivity index (χ4v) is 2.70. The summed E-state index contributed by atoms with van der Waals surface area (Å²) in [6.07, 6.45) is 0.944. The molecule has 16 nitrogen and oxygen atoms in total. The van der Waals surface area contributed by atoms with Gasteiger partial charge < -0.3 is 59.2 Å². The second-order valence-corrected chi connectivity index (χ2v) is 8.38. The largest absolute Gasteiger partial charge is 0.379 e. The summed E-state index contributed by atoms with van der Waals surface area (Å²) in [7, 11) is 1.53. The van der Waals surface area contributed by atoms with Crippen molar-refractivity contribution in [2.45, 2.75) is 13.3 Å². The molecule has 0 radical (unpaired) electrons. The van der Waals surface area contributed by atoms with Crippen LogP contribution in [0.1, 0.15) is 13.3 Å². The summed E-state index contributed by atoms with van der Waals surface area (Å²) in [5, 5.41) is 10.4. The molecule has 0 heterocycles. The Labute approximate surface area is 248 Å². The van der Waals surface area contributed by atoms with Gasteiger partial charge in [-0.05, 0) is 6.42 Å². The Hall–Kier alpha value is -2.44. The van der Waals surface area contributed by atoms with Gasteiger partial charge in [0.25, 0.3) is 0 Å². The van der Waals surface area contributed by atoms with E-state index in [0.29, 0.717) is 65.9 Å². The molecular weight excluding hydrogens is 560 g/mol. The van der Waals surface area contributed by atoms with Crippen molar-refractivity contribution in [3.63, 3.8) is 0 Å². The van der Waals surface area contributed by atoms with Crippen LogP contribution in [0.3, 0.4) is 0 Å². The summed E-state index contributed by atoms with van der Waals surface area (Å²) < 4.78 is 41.9. The highest BCUT2D eigenvalue weighted by Gasteiger charge is 2.04. The van der Waals surface area contributed by atoms with E-state index < -0.39 is 0 Å². The van der Waals surface area contributed by atoms with Gasteiger partial charge in [-0.3, -0.25) is 19.2 Å². The summed E-state index contributed by atoms with van der Waals surface area (Å²) in [4.78, 5) is 45.9. The Morgan fingerprint density at radius 2 is 0.690 bits per heavy atom. The average molecular weight is 611 g/mol. The minimum absolute atomic E-state index is 0.0160. The monoisotopic (exact) mass is 610 g/mol. The Morgan fingerprint density at radius 1 is 0.405 bits per heavy atom. The van der Waals surface area contributed by atoms with E-state index in [1.165, 1.54) is 7.05 Å². The molecule has 0 saturated heterocycles. The molecule has 4 amide bonds. The van der Waals surface area contributed by atoms with Crippen LogP contribution in [0.5, 0.6) is 0 Å². The molecule has 0 fully saturated rings. The number of carbonyl (C=O) groups excluding carboxylic acids is 4. The van der Waals surface area contributed by atoms with Crippen molar-refractivity contribution >= 4 is 23.6 Å². The lowest BCUT2D eigenvalue weighted by molar-refractivity contribution is -0.128. The van der Waals surface area contributed by atoms with E-state index >= 15 is 0 Å². The predicted octanol–water partition coefficient (Wildman–Crippen LogP) is -2.38. The van der Waals surface area contributed by atoms with Crippen molar-refractivity contribution in [2.24, 2.45) is 0 Å². The first-order valence-corrected chi connectivity index (χ1v) is 14.1. The first-order valence-electron chi connectivity index (χ1n) is 14.1. The molecule has 0 saturated carbocycles. The zero-order valence-electron chi connectivity index (χ0n) is 25.0. The number of likely N-dealkylation sites (N-methyl/N-ethyl adjacent to an activating group) is 1. The van der Waals surface area contributed by atoms with Crippen molar-refractivity contribution in [2.75, 3.05) is 132 Å². The second kappa shape index (κ2) is 31.5. The number of hydrogen-bond donors (Lipinski definition) is 4. The molecule has 0 unspecified atom stereocenters. The van der Waals surface area contributed by atoms with Crippen LogP contribution in [-0.2, 0) is 57.1 Å². The maximum absolute atomic E-state index is 11.7. The Bertz CT molecular complexity index is 688. The summed E-state index contributed by atoms with van der Waals surface area (Å²) in [5.41, 5.74) is 0. The van der Waals surface area contributed by atoms with Crippen LogP contribution in [0.15, 0.2) is 0 Å². The molecular formula is C26H50N4O12. The molecule has 4 N–H and O–H groups in total. The average Bonchev–Trinajstić information content (AvgIpc) is 2.98. The Balaban J connectivity index is 3.33. The minimum Gasteiger partial charge on any atom is -0.379 e. The molecule has 0 spiro atoms. The van der Waals surface area contributed by atoms with Gasteiger partial charge >= 0.3 is 0 Å². The van der Waals surface area contributed by atoms with Crippen molar-refractivity contribution in [3.05, 3.63) is 0 Å². The van der Waals surface area contributed by atoms with Gasteiger partial charge in [0.1, 0.15) is 26.4 Å². The quantitative estimate of drug-likeness (QED) is 0.0611. The highest BCUT2D eigenvalue weighted by molar-refractivity contribution is 5.78. The molecule has 0 aromatic heterocycles. The van der Waals surface area contributed by atoms with Gasteiger partial charge in [0.15, 0.2) is 0 Å². The first-order chi connectivity index (χ1) is 20.5. The first kappa shape index (κ1) is 39.6. The van der Waals surface area contributed by atoms with Gasteiger partial charge in [0.05, 0.1) is 72.7 Å². The topological polar surface area (TPSA) is 190 Å². The van der Waals surface area contributed by atoms with Crippen LogP contribution in [0, 0.1) is 0 Å². The van der Waals surface area contributed by atoms with Gasteiger partial charge in [-0.2, -0.15) is 0 Å². The lowest BCUT2D eigenvalue weighted by atomic mass is 10.5. The number of carbonyl (C=O) groups is 4. The molecule has 0 aliphatic carbocycles. The van der Waals surface area contributed by atoms with Crippen molar-refractivity contribution in [1.82, 2.24) is 21.3 Å². The van der Waals surface area contributed by atoms with Crippen LogP contribution in [0.25, 0.3) is 0 Å². The zero-order valence-corrected chi connectivity index (χ0v) is 25.0. The molecule has 16 heteroatoms. The third-order valence-electron chi connectivity index (χ3n) is 4.75. The smallest absolute Gasteiger partial charge is 0.246 e. The number of hydrogen-bond acceptors (Lipinski definition) is 12. The molecule has 0 aromatic rings. The van der Waals surface area contributed by atoms with Gasteiger partial charge in [-0.25, -0.2) is 0 Å². The molecule has 0 aliphatic rings. The van der Waals surface area contributed by atoms with Gasteiger partial charge in [0, 0.05) is 33.3 Å². The number of ether oxygens (including phenoxy) is 8. The van der Waals surface area contributed by atoms with Crippen LogP contribution < -0.4 is 21.3 Å². The maximum atomic E-state index is 11.7. The van der Waals surface area contributed by atoms with Crippen LogP contribution in [-0.4, -0.2) is 156 Å². The molecule has 0 rings (SSSR count).